The van der Waals surface area contributed by atoms with Crippen molar-refractivity contribution in [1.82, 2.24) is 0 Å². The van der Waals surface area contributed by atoms with Gasteiger partial charge in [-0.2, -0.15) is 0 Å². The molecule has 0 amide bonds. The van der Waals surface area contributed by atoms with E-state index in [9.17, 15) is 19.5 Å². The van der Waals surface area contributed by atoms with Crippen molar-refractivity contribution < 1.29 is 28.7 Å². The quantitative estimate of drug-likeness (QED) is 0.299. The van der Waals surface area contributed by atoms with Gasteiger partial charge in [0.15, 0.2) is 5.78 Å². The predicted molar refractivity (Wildman–Crippen MR) is 167 cm³/mol. The molecule has 2 aromatic carbocycles. The smallest absolute Gasteiger partial charge is 0.320 e. The highest BCUT2D eigenvalue weighted by atomic mass is 28.4. The van der Waals surface area contributed by atoms with E-state index in [-0.39, 0.29) is 40.8 Å². The minimum Gasteiger partial charge on any atom is -0.468 e. The number of carbonyl (C=O) groups is 3. The van der Waals surface area contributed by atoms with E-state index in [0.29, 0.717) is 25.7 Å². The molecule has 1 N–H and O–H groups in total. The molecular weight excluding hydrogens is 556 g/mol. The molecule has 4 aliphatic rings. The van der Waals surface area contributed by atoms with Gasteiger partial charge in [-0.25, -0.2) is 0 Å². The number of rotatable bonds is 5. The number of aliphatic hydroxyl groups is 1. The molecule has 2 aromatic rings. The molecule has 230 valence electrons. The summed E-state index contributed by atoms with van der Waals surface area (Å²) in [4.78, 5) is 42.7. The Morgan fingerprint density at radius 3 is 2.05 bits per heavy atom. The number of Topliss-reactive ketones (excluding diaryl/α,β-unsaturated/α-hetero) is 2. The van der Waals surface area contributed by atoms with E-state index in [1.54, 1.807) is 0 Å². The van der Waals surface area contributed by atoms with Gasteiger partial charge in [0.05, 0.1) is 19.3 Å². The molecular formula is C36H46O6Si. The van der Waals surface area contributed by atoms with Crippen LogP contribution in [0.15, 0.2) is 60.7 Å². The van der Waals surface area contributed by atoms with Crippen LogP contribution in [-0.2, 0) is 23.5 Å². The van der Waals surface area contributed by atoms with E-state index in [4.69, 9.17) is 9.16 Å². The number of hydrogen-bond donors (Lipinski definition) is 1. The van der Waals surface area contributed by atoms with Gasteiger partial charge in [-0.3, -0.25) is 14.4 Å². The first kappa shape index (κ1) is 30.4. The number of methoxy groups -OCH3 is 1. The lowest BCUT2D eigenvalue weighted by Gasteiger charge is -2.59. The zero-order chi connectivity index (χ0) is 30.8. The molecule has 6 rings (SSSR count). The third kappa shape index (κ3) is 4.28. The number of ether oxygens (including phenoxy) is 1. The second kappa shape index (κ2) is 10.8. The molecule has 6 nitrogen and oxygen atoms in total. The van der Waals surface area contributed by atoms with Gasteiger partial charge in [0, 0.05) is 24.7 Å². The van der Waals surface area contributed by atoms with Gasteiger partial charge in [0.2, 0.25) is 0 Å². The summed E-state index contributed by atoms with van der Waals surface area (Å²) in [7, 11) is -1.66. The maximum absolute atomic E-state index is 14.3. The highest BCUT2D eigenvalue weighted by Crippen LogP contribution is 2.65. The summed E-state index contributed by atoms with van der Waals surface area (Å²) < 4.78 is 13.1. The zero-order valence-corrected chi connectivity index (χ0v) is 27.2. The van der Waals surface area contributed by atoms with Crippen molar-refractivity contribution in [2.45, 2.75) is 89.9 Å². The Labute approximate surface area is 256 Å². The van der Waals surface area contributed by atoms with Gasteiger partial charge in [-0.15, -0.1) is 0 Å². The molecule has 4 aliphatic carbocycles. The number of esters is 1. The fourth-order valence-corrected chi connectivity index (χ4v) is 14.8. The third-order valence-electron chi connectivity index (χ3n) is 12.0. The Morgan fingerprint density at radius 2 is 1.49 bits per heavy atom. The van der Waals surface area contributed by atoms with Crippen LogP contribution in [0.5, 0.6) is 0 Å². The molecule has 0 saturated heterocycles. The summed E-state index contributed by atoms with van der Waals surface area (Å²) in [6.07, 6.45) is 2.50. The average Bonchev–Trinajstić information content (AvgIpc) is 3.30. The lowest BCUT2D eigenvalue weighted by molar-refractivity contribution is -0.194. The Bertz CT molecular complexity index is 1340. The number of hydrogen-bond acceptors (Lipinski definition) is 6. The van der Waals surface area contributed by atoms with Crippen LogP contribution in [0.1, 0.15) is 72.6 Å². The molecule has 43 heavy (non-hydrogen) atoms. The highest BCUT2D eigenvalue weighted by Gasteiger charge is 2.71. The lowest BCUT2D eigenvalue weighted by Crippen LogP contribution is -2.71. The number of benzene rings is 2. The maximum Gasteiger partial charge on any atom is 0.320 e. The van der Waals surface area contributed by atoms with E-state index < -0.39 is 49.7 Å². The molecule has 0 spiro atoms. The largest absolute Gasteiger partial charge is 0.468 e. The summed E-state index contributed by atoms with van der Waals surface area (Å²) in [5.74, 6) is -1.99. The summed E-state index contributed by atoms with van der Waals surface area (Å²) >= 11 is 0. The normalized spacial score (nSPS) is 36.0. The van der Waals surface area contributed by atoms with Crippen LogP contribution in [0, 0.1) is 34.5 Å². The van der Waals surface area contributed by atoms with E-state index in [2.05, 4.69) is 52.0 Å². The highest BCUT2D eigenvalue weighted by molar-refractivity contribution is 6.99. The third-order valence-corrected chi connectivity index (χ3v) is 17.1. The van der Waals surface area contributed by atoms with Gasteiger partial charge < -0.3 is 14.3 Å². The van der Waals surface area contributed by atoms with Crippen LogP contribution in [-0.4, -0.2) is 50.3 Å². The molecule has 0 bridgehead atoms. The molecule has 8 atom stereocenters. The van der Waals surface area contributed by atoms with Crippen LogP contribution < -0.4 is 10.4 Å². The van der Waals surface area contributed by atoms with Gasteiger partial charge in [0.1, 0.15) is 11.2 Å². The molecule has 0 unspecified atom stereocenters. The Balaban J connectivity index is 1.50. The van der Waals surface area contributed by atoms with E-state index in [1.807, 2.05) is 36.4 Å². The molecule has 0 aliphatic heterocycles. The van der Waals surface area contributed by atoms with Gasteiger partial charge in [-0.05, 0) is 64.8 Å². The SMILES string of the molecule is COC(=O)[C@]12C(=O)CC[C@H](O[Si](c3ccccc3)(c3ccccc3)C(C)(C)C)[C@H]1CC(=O)[C@H]1[C@H]3CC[C@H](O)[C@@]3(C)CC[C@@H]12. The fourth-order valence-electron chi connectivity index (χ4n) is 10.0. The van der Waals surface area contributed by atoms with Crippen molar-refractivity contribution in [1.29, 1.82) is 0 Å². The lowest BCUT2D eigenvalue weighted by atomic mass is 9.43. The van der Waals surface area contributed by atoms with Crippen molar-refractivity contribution in [2.75, 3.05) is 7.11 Å². The summed E-state index contributed by atoms with van der Waals surface area (Å²) in [5, 5.41) is 12.9. The van der Waals surface area contributed by atoms with Gasteiger partial charge >= 0.3 is 5.97 Å². The van der Waals surface area contributed by atoms with Gasteiger partial charge in [-0.1, -0.05) is 88.4 Å². The van der Waals surface area contributed by atoms with Gasteiger partial charge in [0.25, 0.3) is 8.32 Å². The van der Waals surface area contributed by atoms with Crippen LogP contribution in [0.2, 0.25) is 5.04 Å². The number of aliphatic hydroxyl groups excluding tert-OH is 1. The van der Waals surface area contributed by atoms with E-state index in [0.717, 1.165) is 16.8 Å². The van der Waals surface area contributed by atoms with E-state index in [1.165, 1.54) is 7.11 Å². The number of ketones is 2. The van der Waals surface area contributed by atoms with Crippen LogP contribution in [0.4, 0.5) is 0 Å². The predicted octanol–water partition coefficient (Wildman–Crippen LogP) is 4.85. The average molecular weight is 603 g/mol. The second-order valence-corrected chi connectivity index (χ2v) is 19.0. The Morgan fingerprint density at radius 1 is 0.884 bits per heavy atom. The minimum atomic E-state index is -3.03. The molecule has 0 aromatic heterocycles. The van der Waals surface area contributed by atoms with Crippen molar-refractivity contribution >= 4 is 36.2 Å². The fraction of sp³-hybridized carbons (Fsp3) is 0.583. The maximum atomic E-state index is 14.3. The first-order chi connectivity index (χ1) is 20.4. The van der Waals surface area contributed by atoms with Crippen molar-refractivity contribution in [3.8, 4) is 0 Å². The topological polar surface area (TPSA) is 89.9 Å². The monoisotopic (exact) mass is 602 g/mol. The van der Waals surface area contributed by atoms with Crippen LogP contribution >= 0.6 is 0 Å². The first-order valence-corrected chi connectivity index (χ1v) is 17.9. The zero-order valence-electron chi connectivity index (χ0n) is 26.2. The second-order valence-electron chi connectivity index (χ2n) is 14.8. The van der Waals surface area contributed by atoms with Crippen molar-refractivity contribution in [2.24, 2.45) is 34.5 Å². The van der Waals surface area contributed by atoms with Crippen LogP contribution in [0.25, 0.3) is 0 Å². The van der Waals surface area contributed by atoms with Crippen molar-refractivity contribution in [3.05, 3.63) is 60.7 Å². The van der Waals surface area contributed by atoms with Crippen molar-refractivity contribution in [3.63, 3.8) is 0 Å². The molecule has 4 saturated carbocycles. The molecule has 7 heteroatoms. The van der Waals surface area contributed by atoms with Crippen LogP contribution in [0.3, 0.4) is 0 Å². The molecule has 0 heterocycles. The first-order valence-electron chi connectivity index (χ1n) is 16.0. The Hall–Kier alpha value is -2.61. The number of carbonyl (C=O) groups excluding carboxylic acids is 3. The summed E-state index contributed by atoms with van der Waals surface area (Å²) in [6.45, 7) is 8.75. The Kier molecular flexibility index (Phi) is 7.62. The molecule has 4 fully saturated rings. The summed E-state index contributed by atoms with van der Waals surface area (Å²) in [6, 6.07) is 20.8. The number of fused-ring (bicyclic) bond motifs is 5. The molecule has 0 radical (unpaired) electrons. The standard InChI is InChI=1S/C36H46O6Si/c1-34(2,3)43(23-12-8-6-9-13-23,24-14-10-7-11-15-24)42-29-17-19-31(39)36(33(40)41-5)26-20-21-35(4)25(16-18-30(35)38)32(26)28(37)22-27(29)36/h6-15,25-27,29-30,32,38H,16-22H2,1-5H3/t25-,26+,27-,29+,30+,32+,35+,36+/m1/s1. The summed E-state index contributed by atoms with van der Waals surface area (Å²) in [5.41, 5.74) is -1.79. The van der Waals surface area contributed by atoms with E-state index >= 15 is 0 Å². The minimum absolute atomic E-state index is 0.0398.